The van der Waals surface area contributed by atoms with Gasteiger partial charge in [0, 0.05) is 17.0 Å². The van der Waals surface area contributed by atoms with Gasteiger partial charge >= 0.3 is 0 Å². The largest absolute Gasteiger partial charge is 0.352 e. The van der Waals surface area contributed by atoms with Gasteiger partial charge in [-0.25, -0.2) is 4.98 Å². The van der Waals surface area contributed by atoms with Crippen LogP contribution in [0.4, 0.5) is 0 Å². The molecule has 0 aromatic carbocycles. The normalized spacial score (nSPS) is 26.9. The highest BCUT2D eigenvalue weighted by Gasteiger charge is 2.31. The fourth-order valence-electron chi connectivity index (χ4n) is 6.06. The summed E-state index contributed by atoms with van der Waals surface area (Å²) in [6.07, 6.45) is 12.3. The maximum atomic E-state index is 13.8. The monoisotopic (exact) mass is 487 g/mol. The molecule has 1 N–H and O–H groups in total. The minimum atomic E-state index is -0.277. The number of nitrogens with one attached hydrogen (secondary N) is 1. The number of thioether (sulfide) groups is 1. The Morgan fingerprint density at radius 2 is 1.85 bits per heavy atom. The SMILES string of the molecule is C[C@@H]1[C@@H](C)CCC[C@H]1NC(=O)[C@H](C)Sc1nc2sc3c(c2c(=O)n1C1CCCC1)CCCC3. The standard InChI is InChI=1S/C26H37N3O2S2/c1-15-9-8-13-20(16(15)2)27-23(30)17(3)32-26-28-24-22(19-12-6-7-14-21(19)33-24)25(31)29(26)18-10-4-5-11-18/h15-18,20H,4-14H2,1-3H3,(H,27,30)/t15-,16+,17-,20+/m0/s1. The number of fused-ring (bicyclic) bond motifs is 3. The number of nitrogens with zero attached hydrogens (tertiary/aromatic N) is 2. The van der Waals surface area contributed by atoms with E-state index in [2.05, 4.69) is 19.2 Å². The highest BCUT2D eigenvalue weighted by molar-refractivity contribution is 8.00. The lowest BCUT2D eigenvalue weighted by molar-refractivity contribution is -0.121. The molecule has 2 aromatic rings. The highest BCUT2D eigenvalue weighted by atomic mass is 32.2. The first-order chi connectivity index (χ1) is 15.9. The molecule has 0 radical (unpaired) electrons. The topological polar surface area (TPSA) is 64.0 Å². The van der Waals surface area contributed by atoms with E-state index >= 15 is 0 Å². The first kappa shape index (κ1) is 23.4. The molecule has 33 heavy (non-hydrogen) atoms. The van der Waals surface area contributed by atoms with Crippen molar-refractivity contribution in [3.05, 3.63) is 20.8 Å². The van der Waals surface area contributed by atoms with Crippen molar-refractivity contribution in [2.75, 3.05) is 0 Å². The minimum absolute atomic E-state index is 0.0729. The number of thiophene rings is 1. The van der Waals surface area contributed by atoms with Gasteiger partial charge in [-0.1, -0.05) is 51.3 Å². The van der Waals surface area contributed by atoms with Crippen molar-refractivity contribution in [3.8, 4) is 0 Å². The van der Waals surface area contributed by atoms with Crippen molar-refractivity contribution >= 4 is 39.2 Å². The second-order valence-corrected chi connectivity index (χ2v) is 12.9. The molecule has 2 saturated carbocycles. The number of amides is 1. The molecule has 2 heterocycles. The Hall–Kier alpha value is -1.34. The zero-order chi connectivity index (χ0) is 23.1. The number of carbonyl (C=O) groups is 1. The molecule has 0 spiro atoms. The molecule has 7 heteroatoms. The molecule has 4 atom stereocenters. The lowest BCUT2D eigenvalue weighted by atomic mass is 9.78. The second kappa shape index (κ2) is 9.73. The third-order valence-corrected chi connectivity index (χ3v) is 10.6. The van der Waals surface area contributed by atoms with E-state index in [0.717, 1.165) is 66.7 Å². The Bertz CT molecular complexity index is 1090. The van der Waals surface area contributed by atoms with E-state index in [1.165, 1.54) is 41.5 Å². The molecule has 0 aliphatic heterocycles. The van der Waals surface area contributed by atoms with Crippen molar-refractivity contribution < 1.29 is 4.79 Å². The molecule has 1 amide bonds. The first-order valence-electron chi connectivity index (χ1n) is 13.0. The summed E-state index contributed by atoms with van der Waals surface area (Å²) in [4.78, 5) is 34.3. The van der Waals surface area contributed by atoms with E-state index in [-0.39, 0.29) is 28.8 Å². The van der Waals surface area contributed by atoms with E-state index in [1.807, 2.05) is 11.5 Å². The summed E-state index contributed by atoms with van der Waals surface area (Å²) in [6.45, 7) is 6.52. The predicted molar refractivity (Wildman–Crippen MR) is 137 cm³/mol. The minimum Gasteiger partial charge on any atom is -0.352 e. The van der Waals surface area contributed by atoms with Gasteiger partial charge in [0.2, 0.25) is 5.91 Å². The molecule has 0 bridgehead atoms. The molecule has 2 aromatic heterocycles. The second-order valence-electron chi connectivity index (χ2n) is 10.5. The summed E-state index contributed by atoms with van der Waals surface area (Å²) in [6, 6.07) is 0.464. The molecule has 0 saturated heterocycles. The lowest BCUT2D eigenvalue weighted by Gasteiger charge is -2.35. The smallest absolute Gasteiger partial charge is 0.263 e. The summed E-state index contributed by atoms with van der Waals surface area (Å²) < 4.78 is 1.97. The molecule has 180 valence electrons. The van der Waals surface area contributed by atoms with Crippen LogP contribution in [0.25, 0.3) is 10.2 Å². The van der Waals surface area contributed by atoms with Gasteiger partial charge in [0.05, 0.1) is 10.6 Å². The number of aromatic nitrogens is 2. The van der Waals surface area contributed by atoms with Gasteiger partial charge in [0.25, 0.3) is 5.56 Å². The van der Waals surface area contributed by atoms with Crippen LogP contribution in [0.2, 0.25) is 0 Å². The van der Waals surface area contributed by atoms with Crippen molar-refractivity contribution in [1.29, 1.82) is 0 Å². The predicted octanol–water partition coefficient (Wildman–Crippen LogP) is 5.87. The quantitative estimate of drug-likeness (QED) is 0.423. The number of hydrogen-bond donors (Lipinski definition) is 1. The molecule has 0 unspecified atom stereocenters. The molecule has 5 rings (SSSR count). The third kappa shape index (κ3) is 4.52. The highest BCUT2D eigenvalue weighted by Crippen LogP contribution is 2.38. The molecular formula is C26H37N3O2S2. The van der Waals surface area contributed by atoms with Crippen LogP contribution in [0, 0.1) is 11.8 Å². The average Bonchev–Trinajstić information content (AvgIpc) is 3.44. The number of carbonyl (C=O) groups excluding carboxylic acids is 1. The van der Waals surface area contributed by atoms with Crippen LogP contribution < -0.4 is 10.9 Å². The summed E-state index contributed by atoms with van der Waals surface area (Å²) in [5, 5.41) is 4.66. The Balaban J connectivity index is 1.44. The average molecular weight is 488 g/mol. The van der Waals surface area contributed by atoms with Crippen LogP contribution in [0.15, 0.2) is 9.95 Å². The number of hydrogen-bond acceptors (Lipinski definition) is 5. The molecule has 3 aliphatic carbocycles. The van der Waals surface area contributed by atoms with E-state index in [0.29, 0.717) is 11.8 Å². The Morgan fingerprint density at radius 3 is 2.64 bits per heavy atom. The molecular weight excluding hydrogens is 450 g/mol. The number of aryl methyl sites for hydroxylation is 2. The van der Waals surface area contributed by atoms with Gasteiger partial charge in [0.15, 0.2) is 5.16 Å². The van der Waals surface area contributed by atoms with Gasteiger partial charge in [-0.3, -0.25) is 14.2 Å². The fraction of sp³-hybridized carbons (Fsp3) is 0.731. The van der Waals surface area contributed by atoms with Crippen molar-refractivity contribution in [1.82, 2.24) is 14.9 Å². The molecule has 2 fully saturated rings. The van der Waals surface area contributed by atoms with Crippen LogP contribution in [-0.2, 0) is 17.6 Å². The summed E-state index contributed by atoms with van der Waals surface area (Å²) in [5.74, 6) is 1.22. The maximum Gasteiger partial charge on any atom is 0.263 e. The van der Waals surface area contributed by atoms with Crippen LogP contribution in [0.5, 0.6) is 0 Å². The Labute approximate surface area is 205 Å². The van der Waals surface area contributed by atoms with Crippen molar-refractivity contribution in [2.45, 2.75) is 114 Å². The summed E-state index contributed by atoms with van der Waals surface area (Å²) in [5.41, 5.74) is 1.39. The Kier molecular flexibility index (Phi) is 6.90. The summed E-state index contributed by atoms with van der Waals surface area (Å²) >= 11 is 3.18. The van der Waals surface area contributed by atoms with E-state index in [1.54, 1.807) is 11.3 Å². The zero-order valence-electron chi connectivity index (χ0n) is 20.2. The number of rotatable bonds is 5. The lowest BCUT2D eigenvalue weighted by Crippen LogP contribution is -2.46. The van der Waals surface area contributed by atoms with Crippen LogP contribution in [-0.4, -0.2) is 26.8 Å². The van der Waals surface area contributed by atoms with Gasteiger partial charge in [-0.15, -0.1) is 11.3 Å². The summed E-state index contributed by atoms with van der Waals surface area (Å²) in [7, 11) is 0. The van der Waals surface area contributed by atoms with Gasteiger partial charge in [-0.05, 0) is 69.3 Å². The molecule has 5 nitrogen and oxygen atoms in total. The van der Waals surface area contributed by atoms with Crippen LogP contribution in [0.1, 0.15) is 95.0 Å². The van der Waals surface area contributed by atoms with Gasteiger partial charge in [0.1, 0.15) is 4.83 Å². The van der Waals surface area contributed by atoms with Crippen LogP contribution >= 0.6 is 23.1 Å². The first-order valence-corrected chi connectivity index (χ1v) is 14.7. The maximum absolute atomic E-state index is 13.8. The van der Waals surface area contributed by atoms with Crippen molar-refractivity contribution in [2.24, 2.45) is 11.8 Å². The van der Waals surface area contributed by atoms with E-state index in [4.69, 9.17) is 4.98 Å². The van der Waals surface area contributed by atoms with Crippen molar-refractivity contribution in [3.63, 3.8) is 0 Å². The van der Waals surface area contributed by atoms with Gasteiger partial charge < -0.3 is 5.32 Å². The fourth-order valence-corrected chi connectivity index (χ4v) is 8.35. The third-order valence-electron chi connectivity index (χ3n) is 8.36. The van der Waals surface area contributed by atoms with E-state index in [9.17, 15) is 9.59 Å². The van der Waals surface area contributed by atoms with Gasteiger partial charge in [-0.2, -0.15) is 0 Å². The Morgan fingerprint density at radius 1 is 1.09 bits per heavy atom. The van der Waals surface area contributed by atoms with Crippen LogP contribution in [0.3, 0.4) is 0 Å². The zero-order valence-corrected chi connectivity index (χ0v) is 21.8. The van der Waals surface area contributed by atoms with E-state index < -0.39 is 0 Å². The molecule has 3 aliphatic rings.